The molecular weight excluding hydrogens is 320 g/mol. The summed E-state index contributed by atoms with van der Waals surface area (Å²) >= 11 is 0. The van der Waals surface area contributed by atoms with E-state index in [1.807, 2.05) is 11.0 Å². The van der Waals surface area contributed by atoms with Gasteiger partial charge in [0.1, 0.15) is 6.20 Å². The van der Waals surface area contributed by atoms with E-state index < -0.39 is 4.92 Å². The maximum absolute atomic E-state index is 10.8. The Kier molecular flexibility index (Phi) is 5.08. The van der Waals surface area contributed by atoms with Gasteiger partial charge in [0.2, 0.25) is 11.8 Å². The molecule has 0 bridgehead atoms. The highest BCUT2D eigenvalue weighted by molar-refractivity contribution is 5.53. The van der Waals surface area contributed by atoms with Gasteiger partial charge in [0.05, 0.1) is 4.92 Å². The van der Waals surface area contributed by atoms with Crippen LogP contribution in [0.15, 0.2) is 36.5 Å². The Morgan fingerprint density at radius 3 is 2.72 bits per heavy atom. The van der Waals surface area contributed by atoms with Gasteiger partial charge in [-0.3, -0.25) is 15.0 Å². The van der Waals surface area contributed by atoms with Crippen molar-refractivity contribution < 1.29 is 4.92 Å². The average Bonchev–Trinajstić information content (AvgIpc) is 2.78. The lowest BCUT2D eigenvalue weighted by Gasteiger charge is -2.26. The summed E-state index contributed by atoms with van der Waals surface area (Å²) in [5.41, 5.74) is 6.73. The predicted octanol–water partition coefficient (Wildman–Crippen LogP) is 2.07. The molecule has 132 valence electrons. The minimum Gasteiger partial charge on any atom is -0.378 e. The number of nitrogens with two attached hydrogens (primary N) is 1. The van der Waals surface area contributed by atoms with Crippen molar-refractivity contribution in [2.45, 2.75) is 25.9 Å². The van der Waals surface area contributed by atoms with Gasteiger partial charge in [0, 0.05) is 32.2 Å². The Hall–Kier alpha value is -2.74. The van der Waals surface area contributed by atoms with Gasteiger partial charge in [-0.25, -0.2) is 4.98 Å². The molecule has 1 aliphatic heterocycles. The summed E-state index contributed by atoms with van der Waals surface area (Å²) in [7, 11) is 0. The number of anilines is 2. The van der Waals surface area contributed by atoms with Gasteiger partial charge in [-0.2, -0.15) is 4.98 Å². The first-order chi connectivity index (χ1) is 12.0. The Morgan fingerprint density at radius 2 is 2.04 bits per heavy atom. The van der Waals surface area contributed by atoms with Crippen LogP contribution in [0.1, 0.15) is 18.9 Å². The summed E-state index contributed by atoms with van der Waals surface area (Å²) in [5.74, 6) is 0.366. The molecule has 0 aliphatic carbocycles. The van der Waals surface area contributed by atoms with Gasteiger partial charge in [0.25, 0.3) is 0 Å². The standard InChI is InChI=1S/C17H22N6O2/c1-13-7-8-21(17-19-11-15(23(24)25)16(18)20-17)9-10-22(13)12-14-5-3-2-4-6-14/h2-6,11,13H,7-10,12H2,1H3,(H2,18,19,20). The summed E-state index contributed by atoms with van der Waals surface area (Å²) in [6.07, 6.45) is 2.15. The van der Waals surface area contributed by atoms with Gasteiger partial charge >= 0.3 is 5.69 Å². The highest BCUT2D eigenvalue weighted by Gasteiger charge is 2.24. The third-order valence-electron chi connectivity index (χ3n) is 4.59. The molecule has 1 atom stereocenters. The summed E-state index contributed by atoms with van der Waals surface area (Å²) in [4.78, 5) is 23.0. The van der Waals surface area contributed by atoms with Crippen LogP contribution in [0.2, 0.25) is 0 Å². The van der Waals surface area contributed by atoms with E-state index in [1.54, 1.807) is 0 Å². The second kappa shape index (κ2) is 7.43. The number of benzene rings is 1. The first kappa shape index (κ1) is 17.1. The smallest absolute Gasteiger partial charge is 0.329 e. The number of nitrogens with zero attached hydrogens (tertiary/aromatic N) is 5. The second-order valence-corrected chi connectivity index (χ2v) is 6.28. The number of nitro groups is 1. The lowest BCUT2D eigenvalue weighted by molar-refractivity contribution is -0.384. The molecule has 1 aromatic carbocycles. The van der Waals surface area contributed by atoms with Crippen LogP contribution < -0.4 is 10.6 Å². The number of nitrogen functional groups attached to an aromatic ring is 1. The first-order valence-corrected chi connectivity index (χ1v) is 8.34. The average molecular weight is 342 g/mol. The molecule has 0 radical (unpaired) electrons. The molecule has 1 aliphatic rings. The van der Waals surface area contributed by atoms with E-state index in [1.165, 1.54) is 11.8 Å². The van der Waals surface area contributed by atoms with Gasteiger partial charge in [0.15, 0.2) is 0 Å². The summed E-state index contributed by atoms with van der Waals surface area (Å²) in [5, 5.41) is 10.8. The van der Waals surface area contributed by atoms with Crippen LogP contribution in [0, 0.1) is 10.1 Å². The van der Waals surface area contributed by atoms with E-state index in [0.29, 0.717) is 12.0 Å². The summed E-state index contributed by atoms with van der Waals surface area (Å²) in [6, 6.07) is 10.8. The van der Waals surface area contributed by atoms with E-state index in [-0.39, 0.29) is 11.5 Å². The topological polar surface area (TPSA) is 101 Å². The zero-order valence-corrected chi connectivity index (χ0v) is 14.2. The Balaban J connectivity index is 1.70. The Labute approximate surface area is 146 Å². The highest BCUT2D eigenvalue weighted by atomic mass is 16.6. The fourth-order valence-corrected chi connectivity index (χ4v) is 3.03. The molecule has 2 aromatic rings. The van der Waals surface area contributed by atoms with E-state index >= 15 is 0 Å². The van der Waals surface area contributed by atoms with E-state index in [9.17, 15) is 10.1 Å². The van der Waals surface area contributed by atoms with Crippen molar-refractivity contribution in [2.75, 3.05) is 30.3 Å². The lowest BCUT2D eigenvalue weighted by atomic mass is 10.1. The minimum absolute atomic E-state index is 0.0894. The van der Waals surface area contributed by atoms with Crippen LogP contribution in [0.5, 0.6) is 0 Å². The lowest BCUT2D eigenvalue weighted by Crippen LogP contribution is -2.34. The number of hydrogen-bond donors (Lipinski definition) is 1. The molecule has 2 N–H and O–H groups in total. The van der Waals surface area contributed by atoms with E-state index in [0.717, 1.165) is 32.6 Å². The maximum atomic E-state index is 10.8. The van der Waals surface area contributed by atoms with Crippen molar-refractivity contribution >= 4 is 17.5 Å². The first-order valence-electron chi connectivity index (χ1n) is 8.34. The fourth-order valence-electron chi connectivity index (χ4n) is 3.03. The monoisotopic (exact) mass is 342 g/mol. The third-order valence-corrected chi connectivity index (χ3v) is 4.59. The molecule has 8 nitrogen and oxygen atoms in total. The quantitative estimate of drug-likeness (QED) is 0.670. The molecule has 0 spiro atoms. The largest absolute Gasteiger partial charge is 0.378 e. The van der Waals surface area contributed by atoms with Gasteiger partial charge < -0.3 is 10.6 Å². The fraction of sp³-hybridized carbons (Fsp3) is 0.412. The van der Waals surface area contributed by atoms with Crippen molar-refractivity contribution in [2.24, 2.45) is 0 Å². The maximum Gasteiger partial charge on any atom is 0.329 e. The molecule has 0 saturated carbocycles. The second-order valence-electron chi connectivity index (χ2n) is 6.28. The van der Waals surface area contributed by atoms with Crippen molar-refractivity contribution in [1.29, 1.82) is 0 Å². The summed E-state index contributed by atoms with van der Waals surface area (Å²) in [6.45, 7) is 5.55. The van der Waals surface area contributed by atoms with E-state index in [4.69, 9.17) is 5.73 Å². The van der Waals surface area contributed by atoms with E-state index in [2.05, 4.69) is 46.1 Å². The molecule has 1 unspecified atom stereocenters. The molecule has 25 heavy (non-hydrogen) atoms. The predicted molar refractivity (Wildman–Crippen MR) is 96.2 cm³/mol. The van der Waals surface area contributed by atoms with Crippen molar-refractivity contribution in [3.05, 3.63) is 52.2 Å². The van der Waals surface area contributed by atoms with Crippen LogP contribution in [0.4, 0.5) is 17.5 Å². The van der Waals surface area contributed by atoms with Crippen LogP contribution >= 0.6 is 0 Å². The molecule has 2 heterocycles. The molecule has 0 amide bonds. The molecule has 1 fully saturated rings. The number of aromatic nitrogens is 2. The highest BCUT2D eigenvalue weighted by Crippen LogP contribution is 2.22. The number of rotatable bonds is 4. The van der Waals surface area contributed by atoms with Crippen LogP contribution in [0.25, 0.3) is 0 Å². The van der Waals surface area contributed by atoms with Crippen LogP contribution in [-0.4, -0.2) is 45.5 Å². The van der Waals surface area contributed by atoms with Gasteiger partial charge in [-0.05, 0) is 18.9 Å². The molecular formula is C17H22N6O2. The minimum atomic E-state index is -0.564. The zero-order chi connectivity index (χ0) is 17.8. The van der Waals surface area contributed by atoms with Crippen LogP contribution in [-0.2, 0) is 6.54 Å². The summed E-state index contributed by atoms with van der Waals surface area (Å²) < 4.78 is 0. The van der Waals surface area contributed by atoms with Crippen molar-refractivity contribution in [1.82, 2.24) is 14.9 Å². The molecule has 3 rings (SSSR count). The van der Waals surface area contributed by atoms with Gasteiger partial charge in [-0.1, -0.05) is 30.3 Å². The normalized spacial score (nSPS) is 18.8. The molecule has 1 saturated heterocycles. The Morgan fingerprint density at radius 1 is 1.28 bits per heavy atom. The molecule has 1 aromatic heterocycles. The Bertz CT molecular complexity index is 739. The molecule has 8 heteroatoms. The third kappa shape index (κ3) is 4.03. The van der Waals surface area contributed by atoms with Crippen molar-refractivity contribution in [3.63, 3.8) is 0 Å². The zero-order valence-electron chi connectivity index (χ0n) is 14.2. The van der Waals surface area contributed by atoms with Crippen molar-refractivity contribution in [3.8, 4) is 0 Å². The van der Waals surface area contributed by atoms with Gasteiger partial charge in [-0.15, -0.1) is 0 Å². The SMILES string of the molecule is CC1CCN(c2ncc([N+](=O)[O-])c(N)n2)CCN1Cc1ccccc1. The number of hydrogen-bond acceptors (Lipinski definition) is 7. The van der Waals surface area contributed by atoms with Crippen LogP contribution in [0.3, 0.4) is 0 Å².